The van der Waals surface area contributed by atoms with E-state index in [1.54, 1.807) is 30.6 Å². The number of rotatable bonds is 4. The second-order valence-electron chi connectivity index (χ2n) is 3.59. The van der Waals surface area contributed by atoms with E-state index in [2.05, 4.69) is 9.97 Å². The Balaban J connectivity index is 2.13. The van der Waals surface area contributed by atoms with Crippen molar-refractivity contribution in [2.75, 3.05) is 6.54 Å². The SMILES string of the molecule is NCCc1cnc(Oc2ccc(Cl)cc2Cl)nc1. The van der Waals surface area contributed by atoms with Gasteiger partial charge in [0.05, 0.1) is 5.02 Å². The molecule has 4 nitrogen and oxygen atoms in total. The third kappa shape index (κ3) is 3.32. The normalized spacial score (nSPS) is 10.4. The molecule has 0 aliphatic heterocycles. The zero-order chi connectivity index (χ0) is 13.0. The van der Waals surface area contributed by atoms with Gasteiger partial charge >= 0.3 is 6.01 Å². The van der Waals surface area contributed by atoms with Crippen molar-refractivity contribution < 1.29 is 4.74 Å². The number of ether oxygens (including phenoxy) is 1. The Morgan fingerprint density at radius 2 is 1.89 bits per heavy atom. The number of hydrogen-bond acceptors (Lipinski definition) is 4. The van der Waals surface area contributed by atoms with Crippen molar-refractivity contribution in [3.63, 3.8) is 0 Å². The summed E-state index contributed by atoms with van der Waals surface area (Å²) in [6.07, 6.45) is 4.10. The van der Waals surface area contributed by atoms with Gasteiger partial charge in [0.15, 0.2) is 0 Å². The smallest absolute Gasteiger partial charge is 0.321 e. The molecule has 18 heavy (non-hydrogen) atoms. The molecule has 0 radical (unpaired) electrons. The lowest BCUT2D eigenvalue weighted by molar-refractivity contribution is 0.441. The van der Waals surface area contributed by atoms with E-state index in [-0.39, 0.29) is 6.01 Å². The van der Waals surface area contributed by atoms with Crippen LogP contribution in [0.15, 0.2) is 30.6 Å². The number of aromatic nitrogens is 2. The van der Waals surface area contributed by atoms with Crippen molar-refractivity contribution in [3.8, 4) is 11.8 Å². The Labute approximate surface area is 115 Å². The molecule has 1 aromatic heterocycles. The van der Waals surface area contributed by atoms with Crippen molar-refractivity contribution in [2.45, 2.75) is 6.42 Å². The van der Waals surface area contributed by atoms with Crippen molar-refractivity contribution >= 4 is 23.2 Å². The predicted molar refractivity (Wildman–Crippen MR) is 71.3 cm³/mol. The molecule has 0 fully saturated rings. The second-order valence-corrected chi connectivity index (χ2v) is 4.43. The molecule has 0 aliphatic rings. The Kier molecular flexibility index (Phi) is 4.36. The Morgan fingerprint density at radius 3 is 2.50 bits per heavy atom. The summed E-state index contributed by atoms with van der Waals surface area (Å²) in [5, 5.41) is 0.962. The molecule has 0 amide bonds. The summed E-state index contributed by atoms with van der Waals surface area (Å²) in [5.74, 6) is 0.465. The van der Waals surface area contributed by atoms with Crippen LogP contribution in [0.25, 0.3) is 0 Å². The van der Waals surface area contributed by atoms with E-state index in [0.717, 1.165) is 12.0 Å². The quantitative estimate of drug-likeness (QED) is 0.937. The molecule has 2 aromatic rings. The van der Waals surface area contributed by atoms with Crippen LogP contribution >= 0.6 is 23.2 Å². The average molecular weight is 284 g/mol. The van der Waals surface area contributed by atoms with Gasteiger partial charge in [0.1, 0.15) is 5.75 Å². The van der Waals surface area contributed by atoms with Crippen LogP contribution in [0.4, 0.5) is 0 Å². The highest BCUT2D eigenvalue weighted by atomic mass is 35.5. The fourth-order valence-electron chi connectivity index (χ4n) is 1.35. The molecule has 1 heterocycles. The van der Waals surface area contributed by atoms with Gasteiger partial charge in [-0.15, -0.1) is 0 Å². The summed E-state index contributed by atoms with van der Waals surface area (Å²) in [6.45, 7) is 0.562. The molecule has 2 N–H and O–H groups in total. The van der Waals surface area contributed by atoms with Crippen LogP contribution in [0.1, 0.15) is 5.56 Å². The lowest BCUT2D eigenvalue weighted by atomic mass is 10.2. The zero-order valence-electron chi connectivity index (χ0n) is 9.44. The molecule has 2 rings (SSSR count). The Morgan fingerprint density at radius 1 is 1.17 bits per heavy atom. The molecule has 1 aromatic carbocycles. The zero-order valence-corrected chi connectivity index (χ0v) is 10.9. The topological polar surface area (TPSA) is 61.0 Å². The van der Waals surface area contributed by atoms with Crippen LogP contribution < -0.4 is 10.5 Å². The van der Waals surface area contributed by atoms with Crippen molar-refractivity contribution in [1.29, 1.82) is 0 Å². The lowest BCUT2D eigenvalue weighted by Crippen LogP contribution is -2.03. The molecule has 0 aliphatic carbocycles. The maximum atomic E-state index is 5.98. The van der Waals surface area contributed by atoms with E-state index in [4.69, 9.17) is 33.7 Å². The number of benzene rings is 1. The van der Waals surface area contributed by atoms with Gasteiger partial charge in [-0.3, -0.25) is 0 Å². The van der Waals surface area contributed by atoms with Gasteiger partial charge in [0, 0.05) is 17.4 Å². The first-order chi connectivity index (χ1) is 8.69. The number of nitrogens with zero attached hydrogens (tertiary/aromatic N) is 2. The maximum Gasteiger partial charge on any atom is 0.321 e. The van der Waals surface area contributed by atoms with Gasteiger partial charge in [0.2, 0.25) is 0 Å². The average Bonchev–Trinajstić information content (AvgIpc) is 2.35. The molecule has 0 saturated heterocycles. The van der Waals surface area contributed by atoms with E-state index < -0.39 is 0 Å². The first-order valence-electron chi connectivity index (χ1n) is 5.33. The molecule has 0 bridgehead atoms. The highest BCUT2D eigenvalue weighted by molar-refractivity contribution is 6.35. The summed E-state index contributed by atoms with van der Waals surface area (Å²) in [5.41, 5.74) is 6.40. The molecule has 0 saturated carbocycles. The molecule has 0 unspecified atom stereocenters. The first kappa shape index (κ1) is 13.1. The monoisotopic (exact) mass is 283 g/mol. The summed E-state index contributed by atoms with van der Waals surface area (Å²) in [6, 6.07) is 5.19. The van der Waals surface area contributed by atoms with Gasteiger partial charge in [-0.05, 0) is 36.7 Å². The van der Waals surface area contributed by atoms with Crippen LogP contribution in [-0.4, -0.2) is 16.5 Å². The van der Waals surface area contributed by atoms with Crippen LogP contribution in [0.3, 0.4) is 0 Å². The number of hydrogen-bond donors (Lipinski definition) is 1. The van der Waals surface area contributed by atoms with E-state index in [1.807, 2.05) is 0 Å². The minimum atomic E-state index is 0.236. The van der Waals surface area contributed by atoms with Gasteiger partial charge in [-0.25, -0.2) is 9.97 Å². The first-order valence-corrected chi connectivity index (χ1v) is 6.08. The maximum absolute atomic E-state index is 5.98. The van der Waals surface area contributed by atoms with Gasteiger partial charge in [-0.1, -0.05) is 23.2 Å². The van der Waals surface area contributed by atoms with E-state index in [1.165, 1.54) is 0 Å². The van der Waals surface area contributed by atoms with Crippen molar-refractivity contribution in [2.24, 2.45) is 5.73 Å². The lowest BCUT2D eigenvalue weighted by Gasteiger charge is -2.06. The highest BCUT2D eigenvalue weighted by Crippen LogP contribution is 2.29. The minimum Gasteiger partial charge on any atom is -0.423 e. The fourth-order valence-corrected chi connectivity index (χ4v) is 1.79. The molecular weight excluding hydrogens is 273 g/mol. The molecule has 94 valence electrons. The molecule has 0 atom stereocenters. The summed E-state index contributed by atoms with van der Waals surface area (Å²) >= 11 is 11.8. The summed E-state index contributed by atoms with van der Waals surface area (Å²) < 4.78 is 5.45. The Bertz CT molecular complexity index is 531. The van der Waals surface area contributed by atoms with Crippen molar-refractivity contribution in [3.05, 3.63) is 46.2 Å². The van der Waals surface area contributed by atoms with E-state index >= 15 is 0 Å². The third-order valence-corrected chi connectivity index (χ3v) is 2.74. The fraction of sp³-hybridized carbons (Fsp3) is 0.167. The second kappa shape index (κ2) is 6.00. The van der Waals surface area contributed by atoms with Crippen LogP contribution in [-0.2, 0) is 6.42 Å². The van der Waals surface area contributed by atoms with Gasteiger partial charge in [0.25, 0.3) is 0 Å². The largest absolute Gasteiger partial charge is 0.423 e. The Hall–Kier alpha value is -1.36. The van der Waals surface area contributed by atoms with E-state index in [9.17, 15) is 0 Å². The van der Waals surface area contributed by atoms with Crippen molar-refractivity contribution in [1.82, 2.24) is 9.97 Å². The van der Waals surface area contributed by atoms with Crippen LogP contribution in [0, 0.1) is 0 Å². The highest BCUT2D eigenvalue weighted by Gasteiger charge is 2.05. The molecular formula is C12H11Cl2N3O. The number of nitrogens with two attached hydrogens (primary N) is 1. The van der Waals surface area contributed by atoms with Crippen LogP contribution in [0.2, 0.25) is 10.0 Å². The van der Waals surface area contributed by atoms with Gasteiger partial charge in [-0.2, -0.15) is 0 Å². The summed E-state index contributed by atoms with van der Waals surface area (Å²) in [7, 11) is 0. The van der Waals surface area contributed by atoms with Crippen LogP contribution in [0.5, 0.6) is 11.8 Å². The van der Waals surface area contributed by atoms with E-state index in [0.29, 0.717) is 22.3 Å². The summed E-state index contributed by atoms with van der Waals surface area (Å²) in [4.78, 5) is 8.15. The molecule has 0 spiro atoms. The minimum absolute atomic E-state index is 0.236. The van der Waals surface area contributed by atoms with Gasteiger partial charge < -0.3 is 10.5 Å². The third-order valence-electron chi connectivity index (χ3n) is 2.21. The number of halogens is 2. The standard InChI is InChI=1S/C12H11Cl2N3O/c13-9-1-2-11(10(14)5-9)18-12-16-6-8(3-4-15)7-17-12/h1-2,5-7H,3-4,15H2. The predicted octanol–water partition coefficient (Wildman–Crippen LogP) is 3.08. The molecule has 6 heteroatoms.